The number of rotatable bonds is 7. The molecule has 1 aromatic heterocycles. The number of hydrogen-bond acceptors (Lipinski definition) is 6. The number of carbonyl (C=O) groups is 1. The predicted molar refractivity (Wildman–Crippen MR) is 115 cm³/mol. The summed E-state index contributed by atoms with van der Waals surface area (Å²) in [5.74, 6) is -0.774. The molecule has 1 saturated heterocycles. The van der Waals surface area contributed by atoms with E-state index in [0.29, 0.717) is 30.4 Å². The van der Waals surface area contributed by atoms with Crippen molar-refractivity contribution in [3.05, 3.63) is 47.5 Å². The Balaban J connectivity index is 2.04. The van der Waals surface area contributed by atoms with Crippen LogP contribution in [0.4, 0.5) is 0 Å². The third kappa shape index (κ3) is 5.53. The van der Waals surface area contributed by atoms with Crippen LogP contribution in [0.1, 0.15) is 25.8 Å². The molecular weight excluding hydrogens is 453 g/mol. The maximum absolute atomic E-state index is 12.4. The Kier molecular flexibility index (Phi) is 7.76. The monoisotopic (exact) mass is 473 g/mol. The number of ether oxygens (including phenoxy) is 3. The molecule has 1 fully saturated rings. The summed E-state index contributed by atoms with van der Waals surface area (Å²) in [4.78, 5) is 15.1. The highest BCUT2D eigenvalue weighted by Crippen LogP contribution is 2.37. The predicted octanol–water partition coefficient (Wildman–Crippen LogP) is 4.43. The number of halogens is 3. The van der Waals surface area contributed by atoms with Crippen LogP contribution in [0.5, 0.6) is 0 Å². The largest absolute Gasteiger partial charge is 0.453 e. The van der Waals surface area contributed by atoms with Gasteiger partial charge in [0.25, 0.3) is 0 Å². The van der Waals surface area contributed by atoms with Crippen LogP contribution in [-0.4, -0.2) is 51.2 Å². The lowest BCUT2D eigenvalue weighted by atomic mass is 9.82. The molecule has 2 heterocycles. The number of hydrogen-bond donors (Lipinski definition) is 0. The van der Waals surface area contributed by atoms with Crippen molar-refractivity contribution < 1.29 is 19.0 Å². The van der Waals surface area contributed by atoms with E-state index in [1.165, 1.54) is 17.3 Å². The maximum atomic E-state index is 12.4. The second-order valence-corrected chi connectivity index (χ2v) is 8.72. The van der Waals surface area contributed by atoms with Crippen LogP contribution in [0.25, 0.3) is 11.8 Å². The number of alkyl halides is 2. The number of aromatic nitrogens is 3. The van der Waals surface area contributed by atoms with Gasteiger partial charge in [0.15, 0.2) is 12.4 Å². The zero-order valence-electron chi connectivity index (χ0n) is 16.5. The van der Waals surface area contributed by atoms with Crippen LogP contribution in [-0.2, 0) is 19.0 Å². The highest BCUT2D eigenvalue weighted by atomic mass is 35.5. The normalized spacial score (nSPS) is 23.4. The fourth-order valence-electron chi connectivity index (χ4n) is 3.10. The van der Waals surface area contributed by atoms with E-state index >= 15 is 0 Å². The lowest BCUT2D eigenvalue weighted by Crippen LogP contribution is -2.50. The van der Waals surface area contributed by atoms with Gasteiger partial charge in [-0.15, -0.1) is 0 Å². The third-order valence-electron chi connectivity index (χ3n) is 4.71. The van der Waals surface area contributed by atoms with Gasteiger partial charge in [0, 0.05) is 5.02 Å². The van der Waals surface area contributed by atoms with E-state index in [1.807, 2.05) is 32.1 Å². The van der Waals surface area contributed by atoms with E-state index in [0.717, 1.165) is 5.56 Å². The van der Waals surface area contributed by atoms with E-state index in [9.17, 15) is 4.79 Å². The summed E-state index contributed by atoms with van der Waals surface area (Å²) in [7, 11) is 0. The van der Waals surface area contributed by atoms with Gasteiger partial charge >= 0.3 is 5.97 Å². The summed E-state index contributed by atoms with van der Waals surface area (Å²) in [6.07, 6.45) is 4.31. The molecule has 30 heavy (non-hydrogen) atoms. The smallest absolute Gasteiger partial charge is 0.340 e. The van der Waals surface area contributed by atoms with Crippen molar-refractivity contribution in [1.82, 2.24) is 14.8 Å². The van der Waals surface area contributed by atoms with E-state index in [4.69, 9.17) is 49.0 Å². The fourth-order valence-corrected chi connectivity index (χ4v) is 3.33. The first-order valence-electron chi connectivity index (χ1n) is 9.36. The number of carbonyl (C=O) groups excluding carboxylic acids is 1. The van der Waals surface area contributed by atoms with Crippen molar-refractivity contribution in [3.63, 3.8) is 0 Å². The molecule has 0 saturated carbocycles. The van der Waals surface area contributed by atoms with Gasteiger partial charge in [0.1, 0.15) is 12.7 Å². The van der Waals surface area contributed by atoms with Crippen LogP contribution >= 0.6 is 34.8 Å². The Morgan fingerprint density at radius 3 is 2.53 bits per heavy atom. The van der Waals surface area contributed by atoms with Crippen molar-refractivity contribution in [2.45, 2.75) is 37.5 Å². The molecule has 0 amide bonds. The Morgan fingerprint density at radius 1 is 1.33 bits per heavy atom. The fraction of sp³-hybridized carbons (Fsp3) is 0.450. The van der Waals surface area contributed by atoms with E-state index in [2.05, 4.69) is 10.1 Å². The minimum absolute atomic E-state index is 0.297. The van der Waals surface area contributed by atoms with E-state index in [-0.39, 0.29) is 6.29 Å². The molecule has 3 rings (SSSR count). The Labute approximate surface area is 189 Å². The average Bonchev–Trinajstić information content (AvgIpc) is 3.27. The van der Waals surface area contributed by atoms with Gasteiger partial charge in [-0.3, -0.25) is 0 Å². The van der Waals surface area contributed by atoms with Crippen LogP contribution < -0.4 is 0 Å². The molecular formula is C20H22Cl3N3O4. The highest BCUT2D eigenvalue weighted by Gasteiger charge is 2.45. The van der Waals surface area contributed by atoms with Gasteiger partial charge in [0.2, 0.25) is 4.84 Å². The summed E-state index contributed by atoms with van der Waals surface area (Å²) in [6.45, 7) is 4.47. The summed E-state index contributed by atoms with van der Waals surface area (Å²) >= 11 is 17.5. The second kappa shape index (κ2) is 10.1. The highest BCUT2D eigenvalue weighted by molar-refractivity contribution is 6.52. The summed E-state index contributed by atoms with van der Waals surface area (Å²) < 4.78 is 18.9. The molecule has 1 aliphatic rings. The van der Waals surface area contributed by atoms with E-state index < -0.39 is 22.3 Å². The zero-order valence-corrected chi connectivity index (χ0v) is 18.8. The first-order valence-corrected chi connectivity index (χ1v) is 10.6. The van der Waals surface area contributed by atoms with Crippen LogP contribution in [0.15, 0.2) is 36.9 Å². The van der Waals surface area contributed by atoms with Crippen molar-refractivity contribution in [1.29, 1.82) is 0 Å². The Bertz CT molecular complexity index is 864. The number of nitrogens with zero attached hydrogens (tertiary/aromatic N) is 3. The maximum Gasteiger partial charge on any atom is 0.340 e. The molecule has 0 N–H and O–H groups in total. The Morgan fingerprint density at radius 2 is 2.00 bits per heavy atom. The van der Waals surface area contributed by atoms with Gasteiger partial charge in [-0.05, 0) is 30.2 Å². The minimum Gasteiger partial charge on any atom is -0.453 e. The van der Waals surface area contributed by atoms with Gasteiger partial charge in [-0.2, -0.15) is 5.10 Å². The average molecular weight is 475 g/mol. The van der Waals surface area contributed by atoms with Crippen molar-refractivity contribution in [2.75, 3.05) is 13.2 Å². The van der Waals surface area contributed by atoms with Gasteiger partial charge in [-0.25, -0.2) is 14.5 Å². The second-order valence-electron chi connectivity index (χ2n) is 7.19. The molecule has 0 spiro atoms. The summed E-state index contributed by atoms with van der Waals surface area (Å²) in [5, 5.41) is 4.84. The molecule has 10 heteroatoms. The lowest BCUT2D eigenvalue weighted by molar-refractivity contribution is -0.242. The van der Waals surface area contributed by atoms with Crippen molar-refractivity contribution in [3.8, 4) is 0 Å². The Hall–Kier alpha value is -1.64. The molecule has 0 aliphatic carbocycles. The minimum atomic E-state index is -1.34. The van der Waals surface area contributed by atoms with Crippen LogP contribution in [0.3, 0.4) is 0 Å². The van der Waals surface area contributed by atoms with Gasteiger partial charge in [-0.1, -0.05) is 60.8 Å². The van der Waals surface area contributed by atoms with Gasteiger partial charge in [0.05, 0.1) is 24.3 Å². The lowest BCUT2D eigenvalue weighted by Gasteiger charge is -2.42. The standard InChI is InChI=1S/C20H22Cl3N3O4/c1-3-16-28-9-20(2,10-29-16)17(30-19(27)18(22)23)15(26-12-24-11-25-26)8-13-4-6-14(21)7-5-13/h4-8,11-12,16-18H,3,9-10H2,1-2H3. The first kappa shape index (κ1) is 23.0. The molecule has 0 bridgehead atoms. The quantitative estimate of drug-likeness (QED) is 0.436. The third-order valence-corrected chi connectivity index (χ3v) is 5.32. The topological polar surface area (TPSA) is 75.5 Å². The van der Waals surface area contributed by atoms with Crippen LogP contribution in [0, 0.1) is 5.41 Å². The van der Waals surface area contributed by atoms with E-state index in [1.54, 1.807) is 12.1 Å². The first-order chi connectivity index (χ1) is 14.3. The molecule has 1 aromatic carbocycles. The SMILES string of the molecule is CCC1OCC(C)(C(OC(=O)C(Cl)Cl)C(=Cc2ccc(Cl)cc2)n2cncn2)CO1. The number of esters is 1. The molecule has 1 aliphatic heterocycles. The molecule has 7 nitrogen and oxygen atoms in total. The van der Waals surface area contributed by atoms with Crippen LogP contribution in [0.2, 0.25) is 5.02 Å². The molecule has 1 unspecified atom stereocenters. The van der Waals surface area contributed by atoms with Crippen molar-refractivity contribution >= 4 is 52.5 Å². The summed E-state index contributed by atoms with van der Waals surface area (Å²) in [5.41, 5.74) is 0.641. The van der Waals surface area contributed by atoms with Gasteiger partial charge < -0.3 is 14.2 Å². The van der Waals surface area contributed by atoms with Crippen molar-refractivity contribution in [2.24, 2.45) is 5.41 Å². The number of benzene rings is 1. The molecule has 2 aromatic rings. The molecule has 1 atom stereocenters. The molecule has 0 radical (unpaired) electrons. The molecule has 162 valence electrons. The summed E-state index contributed by atoms with van der Waals surface area (Å²) in [6, 6.07) is 7.21. The zero-order chi connectivity index (χ0) is 21.7.